The van der Waals surface area contributed by atoms with Crippen molar-refractivity contribution < 1.29 is 22.4 Å². The number of nitrogens with zero attached hydrogens (tertiary/aromatic N) is 1. The molecule has 1 aliphatic carbocycles. The molecule has 0 bridgehead atoms. The van der Waals surface area contributed by atoms with Gasteiger partial charge in [0.25, 0.3) is 0 Å². The van der Waals surface area contributed by atoms with Crippen molar-refractivity contribution in [1.29, 1.82) is 0 Å². The van der Waals surface area contributed by atoms with E-state index in [1.54, 1.807) is 6.07 Å². The molecule has 1 amide bonds. The van der Waals surface area contributed by atoms with Gasteiger partial charge in [0.1, 0.15) is 0 Å². The molecule has 2 aromatic rings. The summed E-state index contributed by atoms with van der Waals surface area (Å²) in [6.07, 6.45) is -2.67. The Balaban J connectivity index is 1.68. The molecule has 0 radical (unpaired) electrons. The van der Waals surface area contributed by atoms with E-state index in [0.717, 1.165) is 42.5 Å². The number of nitrogens with one attached hydrogen (secondary N) is 1. The molecule has 170 valence electrons. The molecule has 2 unspecified atom stereocenters. The molecular weight excluding hydrogens is 487 g/mol. The third-order valence-corrected chi connectivity index (χ3v) is 7.59. The number of carbonyl (C=O) groups excluding carboxylic acids is 1. The molecule has 0 fully saturated rings. The monoisotopic (exact) mass is 504 g/mol. The number of alkyl halides is 3. The predicted molar refractivity (Wildman–Crippen MR) is 119 cm³/mol. The van der Waals surface area contributed by atoms with Crippen molar-refractivity contribution in [2.75, 3.05) is 0 Å². The predicted octanol–water partition coefficient (Wildman–Crippen LogP) is 6.94. The molecule has 0 saturated carbocycles. The number of amides is 1. The van der Waals surface area contributed by atoms with E-state index in [-0.39, 0.29) is 23.2 Å². The minimum Gasteiger partial charge on any atom is -0.350 e. The van der Waals surface area contributed by atoms with Crippen molar-refractivity contribution in [3.8, 4) is 0 Å². The largest absolute Gasteiger partial charge is 0.409 e. The molecule has 0 saturated heterocycles. The molecule has 32 heavy (non-hydrogen) atoms. The zero-order valence-electron chi connectivity index (χ0n) is 16.8. The van der Waals surface area contributed by atoms with Gasteiger partial charge in [-0.3, -0.25) is 4.79 Å². The van der Waals surface area contributed by atoms with Gasteiger partial charge < -0.3 is 5.32 Å². The third-order valence-electron chi connectivity index (χ3n) is 5.80. The molecule has 2 aliphatic rings. The summed E-state index contributed by atoms with van der Waals surface area (Å²) in [5.41, 5.74) is 2.59. The van der Waals surface area contributed by atoms with E-state index >= 15 is 0 Å². The lowest BCUT2D eigenvalue weighted by atomic mass is 9.84. The number of aryl methyl sites for hydroxylation is 1. The molecule has 0 spiro atoms. The summed E-state index contributed by atoms with van der Waals surface area (Å²) in [6.45, 7) is 1.46. The molecule has 3 nitrogen and oxygen atoms in total. The van der Waals surface area contributed by atoms with Crippen molar-refractivity contribution in [2.24, 2.45) is 4.40 Å². The number of carbonyl (C=O) groups is 1. The fourth-order valence-electron chi connectivity index (χ4n) is 4.24. The molecule has 2 atom stereocenters. The summed E-state index contributed by atoms with van der Waals surface area (Å²) in [5, 5.41) is 1.98. The quantitative estimate of drug-likeness (QED) is 0.279. The van der Waals surface area contributed by atoms with Crippen LogP contribution in [0.4, 0.5) is 17.6 Å². The second-order valence-electron chi connectivity index (χ2n) is 7.94. The fraction of sp³-hybridized carbons (Fsp3) is 0.364. The van der Waals surface area contributed by atoms with E-state index in [0.29, 0.717) is 17.5 Å². The van der Waals surface area contributed by atoms with Gasteiger partial charge >= 0.3 is 6.18 Å². The number of benzene rings is 2. The van der Waals surface area contributed by atoms with E-state index in [1.807, 2.05) is 12.1 Å². The zero-order chi connectivity index (χ0) is 23.3. The normalized spacial score (nSPS) is 23.0. The van der Waals surface area contributed by atoms with Crippen LogP contribution in [0.15, 0.2) is 34.7 Å². The highest BCUT2D eigenvalue weighted by atomic mass is 35.5. The van der Waals surface area contributed by atoms with Crippen LogP contribution in [0.2, 0.25) is 10.0 Å². The van der Waals surface area contributed by atoms with Crippen LogP contribution in [-0.4, -0.2) is 17.8 Å². The van der Waals surface area contributed by atoms with Crippen LogP contribution in [0.25, 0.3) is 0 Å². The Morgan fingerprint density at radius 1 is 1.22 bits per heavy atom. The molecule has 1 N–H and O–H groups in total. The van der Waals surface area contributed by atoms with Gasteiger partial charge in [0.2, 0.25) is 5.91 Å². The Labute approximate surface area is 196 Å². The Morgan fingerprint density at radius 3 is 2.53 bits per heavy atom. The topological polar surface area (TPSA) is 41.5 Å². The van der Waals surface area contributed by atoms with E-state index in [2.05, 4.69) is 9.71 Å². The van der Waals surface area contributed by atoms with E-state index in [1.165, 1.54) is 6.92 Å². The molecule has 2 aromatic carbocycles. The van der Waals surface area contributed by atoms with Gasteiger partial charge in [-0.25, -0.2) is 8.79 Å². The van der Waals surface area contributed by atoms with Gasteiger partial charge in [-0.15, -0.1) is 0 Å². The van der Waals surface area contributed by atoms with Crippen LogP contribution in [0.1, 0.15) is 54.5 Å². The molecule has 1 aliphatic heterocycles. The summed E-state index contributed by atoms with van der Waals surface area (Å²) in [4.78, 5) is 11.5. The highest BCUT2D eigenvalue weighted by molar-refractivity contribution is 7.99. The lowest BCUT2D eigenvalue weighted by Gasteiger charge is -2.30. The maximum Gasteiger partial charge on any atom is 0.409 e. The summed E-state index contributed by atoms with van der Waals surface area (Å²) >= 11 is 12.0. The van der Waals surface area contributed by atoms with Crippen molar-refractivity contribution in [3.05, 3.63) is 68.4 Å². The van der Waals surface area contributed by atoms with Crippen LogP contribution in [0.5, 0.6) is 0 Å². The first kappa shape index (κ1) is 23.4. The lowest BCUT2D eigenvalue weighted by Crippen LogP contribution is -2.38. The molecule has 1 heterocycles. The number of fused-ring (bicyclic) bond motifs is 1. The van der Waals surface area contributed by atoms with E-state index in [4.69, 9.17) is 23.2 Å². The second kappa shape index (κ2) is 8.54. The highest BCUT2D eigenvalue weighted by Crippen LogP contribution is 2.57. The first-order valence-electron chi connectivity index (χ1n) is 9.89. The van der Waals surface area contributed by atoms with Crippen molar-refractivity contribution in [3.63, 3.8) is 0 Å². The maximum absolute atomic E-state index is 14.3. The Kier molecular flexibility index (Phi) is 6.24. The standard InChI is InChI=1S/C22H18Cl2F4N2OS/c1-11(31)29-18-4-2-3-12-7-13(5-6-15(12)18)19-10-21(32-30-19,22(26,27)28)14-8-16(23)20(25)17(24)9-14/h5-9,18H,2-4,10H2,1H3,(H,29,31). The number of rotatable bonds is 3. The molecule has 0 aromatic heterocycles. The first-order valence-corrected chi connectivity index (χ1v) is 11.4. The van der Waals surface area contributed by atoms with Crippen LogP contribution < -0.4 is 5.32 Å². The Bertz CT molecular complexity index is 1100. The minimum absolute atomic E-state index is 0.108. The van der Waals surface area contributed by atoms with Gasteiger partial charge in [-0.05, 0) is 71.7 Å². The summed E-state index contributed by atoms with van der Waals surface area (Å²) in [7, 11) is 0. The van der Waals surface area contributed by atoms with Gasteiger partial charge in [-0.1, -0.05) is 35.3 Å². The van der Waals surface area contributed by atoms with Crippen LogP contribution >= 0.6 is 35.1 Å². The highest BCUT2D eigenvalue weighted by Gasteiger charge is 2.60. The van der Waals surface area contributed by atoms with Crippen molar-refractivity contribution in [2.45, 2.75) is 49.6 Å². The van der Waals surface area contributed by atoms with Crippen molar-refractivity contribution >= 4 is 46.8 Å². The Morgan fingerprint density at radius 2 is 1.91 bits per heavy atom. The smallest absolute Gasteiger partial charge is 0.350 e. The van der Waals surface area contributed by atoms with Gasteiger partial charge in [-0.2, -0.15) is 13.2 Å². The lowest BCUT2D eigenvalue weighted by molar-refractivity contribution is -0.159. The van der Waals surface area contributed by atoms with Crippen LogP contribution in [-0.2, 0) is 16.0 Å². The summed E-state index contributed by atoms with van der Waals surface area (Å²) < 4.78 is 58.4. The van der Waals surface area contributed by atoms with Gasteiger partial charge in [0.05, 0.1) is 21.8 Å². The van der Waals surface area contributed by atoms with E-state index in [9.17, 15) is 22.4 Å². The summed E-state index contributed by atoms with van der Waals surface area (Å²) in [5.74, 6) is -1.09. The maximum atomic E-state index is 14.3. The number of halogens is 6. The average Bonchev–Trinajstić information content (AvgIpc) is 3.18. The molecular formula is C22H18Cl2F4N2OS. The van der Waals surface area contributed by atoms with Crippen LogP contribution in [0.3, 0.4) is 0 Å². The van der Waals surface area contributed by atoms with Crippen molar-refractivity contribution in [1.82, 2.24) is 5.32 Å². The first-order chi connectivity index (χ1) is 15.0. The van der Waals surface area contributed by atoms with Gasteiger partial charge in [0.15, 0.2) is 10.6 Å². The summed E-state index contributed by atoms with van der Waals surface area (Å²) in [6, 6.07) is 7.24. The number of hydrogen-bond acceptors (Lipinski definition) is 3. The zero-order valence-corrected chi connectivity index (χ0v) is 19.2. The second-order valence-corrected chi connectivity index (χ2v) is 9.82. The number of hydrogen-bond donors (Lipinski definition) is 1. The fourth-order valence-corrected chi connectivity index (χ4v) is 5.69. The Hall–Kier alpha value is -1.77. The third kappa shape index (κ3) is 4.13. The minimum atomic E-state index is -4.68. The van der Waals surface area contributed by atoms with Gasteiger partial charge in [0, 0.05) is 13.3 Å². The SMILES string of the molecule is CC(=O)NC1CCCc2cc(C3=NSC(c4cc(Cl)c(F)c(Cl)c4)(C(F)(F)F)C3)ccc21. The average molecular weight is 505 g/mol. The van der Waals surface area contributed by atoms with E-state index < -0.39 is 33.2 Å². The molecule has 4 rings (SSSR count). The molecule has 10 heteroatoms. The van der Waals surface area contributed by atoms with Crippen LogP contribution in [0, 0.1) is 5.82 Å².